The van der Waals surface area contributed by atoms with Crippen molar-refractivity contribution in [1.82, 2.24) is 10.2 Å². The third-order valence-corrected chi connectivity index (χ3v) is 5.77. The van der Waals surface area contributed by atoms with Crippen LogP contribution in [0, 0.1) is 0 Å². The van der Waals surface area contributed by atoms with Crippen molar-refractivity contribution in [2.24, 2.45) is 4.99 Å². The van der Waals surface area contributed by atoms with Crippen molar-refractivity contribution in [2.45, 2.75) is 44.7 Å². The molecule has 0 saturated heterocycles. The number of fused-ring (bicyclic) bond motifs is 1. The molecule has 152 valence electrons. The van der Waals surface area contributed by atoms with Gasteiger partial charge in [-0.25, -0.2) is 4.79 Å². The Labute approximate surface area is 172 Å². The van der Waals surface area contributed by atoms with E-state index in [1.54, 1.807) is 11.9 Å². The summed E-state index contributed by atoms with van der Waals surface area (Å²) in [5.74, 6) is 0.733. The highest BCUT2D eigenvalue weighted by atomic mass is 16.5. The lowest BCUT2D eigenvalue weighted by Gasteiger charge is -2.26. The minimum Gasteiger partial charge on any atom is -0.476 e. The minimum absolute atomic E-state index is 0.0771. The van der Waals surface area contributed by atoms with E-state index in [9.17, 15) is 4.79 Å². The Morgan fingerprint density at radius 3 is 2.72 bits per heavy atom. The van der Waals surface area contributed by atoms with Crippen LogP contribution in [0.2, 0.25) is 0 Å². The Hall–Kier alpha value is -2.86. The molecule has 0 atom stereocenters. The van der Waals surface area contributed by atoms with Gasteiger partial charge in [0.1, 0.15) is 18.2 Å². The topological polar surface area (TPSA) is 66.0 Å². The molecule has 2 aromatic carbocycles. The van der Waals surface area contributed by atoms with Crippen molar-refractivity contribution in [3.8, 4) is 16.9 Å². The monoisotopic (exact) mass is 392 g/mol. The molecule has 1 fully saturated rings. The van der Waals surface area contributed by atoms with Crippen LogP contribution >= 0.6 is 0 Å². The number of carbonyl (C=O) groups excluding carboxylic acids is 1. The highest BCUT2D eigenvalue weighted by molar-refractivity contribution is 5.92. The lowest BCUT2D eigenvalue weighted by molar-refractivity contribution is 0.218. The molecule has 29 heavy (non-hydrogen) atoms. The number of nitrogens with one attached hydrogen (secondary N) is 2. The number of carbonyl (C=O) groups is 1. The molecule has 2 aliphatic rings. The number of urea groups is 1. The van der Waals surface area contributed by atoms with Gasteiger partial charge in [0, 0.05) is 25.3 Å². The quantitative estimate of drug-likeness (QED) is 0.542. The van der Waals surface area contributed by atoms with Crippen molar-refractivity contribution in [3.05, 3.63) is 42.0 Å². The molecule has 2 aromatic rings. The van der Waals surface area contributed by atoms with Crippen molar-refractivity contribution in [3.63, 3.8) is 0 Å². The molecular weight excluding hydrogens is 364 g/mol. The fourth-order valence-electron chi connectivity index (χ4n) is 4.05. The van der Waals surface area contributed by atoms with Crippen LogP contribution in [0.1, 0.15) is 37.7 Å². The number of aliphatic imine (C=N–C) groups is 1. The first-order valence-corrected chi connectivity index (χ1v) is 10.3. The van der Waals surface area contributed by atoms with E-state index in [4.69, 9.17) is 4.74 Å². The minimum atomic E-state index is -0.0771. The van der Waals surface area contributed by atoms with E-state index in [1.807, 2.05) is 30.3 Å². The highest BCUT2D eigenvalue weighted by Crippen LogP contribution is 2.35. The predicted octanol–water partition coefficient (Wildman–Crippen LogP) is 4.92. The molecule has 2 N–H and O–H groups in total. The Morgan fingerprint density at radius 2 is 1.93 bits per heavy atom. The number of nitrogens with zero attached hydrogens (tertiary/aromatic N) is 2. The van der Waals surface area contributed by atoms with Crippen LogP contribution in [0.4, 0.5) is 16.2 Å². The van der Waals surface area contributed by atoms with Crippen LogP contribution in [0.5, 0.6) is 5.75 Å². The number of hydrogen-bond donors (Lipinski definition) is 2. The fourth-order valence-corrected chi connectivity index (χ4v) is 4.05. The standard InChI is InChI=1S/C23H28N4O2/c1-24-21-13-17(9-11-22(21)29-15-25-19-6-4-3-5-7-19)16-8-10-20-18(12-16)14-27(2)23(28)26-20/h8-13,19,25H,1,3-7,14-15H2,2H3,(H,26,28). The Kier molecular flexibility index (Phi) is 5.81. The SMILES string of the molecule is C=Nc1cc(-c2ccc3c(c2)CN(C)C(=O)N3)ccc1OCNC1CCCCC1. The Balaban J connectivity index is 1.47. The van der Waals surface area contributed by atoms with Crippen LogP contribution in [0.25, 0.3) is 11.1 Å². The molecule has 1 aliphatic carbocycles. The Bertz CT molecular complexity index is 906. The fraction of sp³-hybridized carbons (Fsp3) is 0.391. The third kappa shape index (κ3) is 4.43. The average molecular weight is 393 g/mol. The second-order valence-electron chi connectivity index (χ2n) is 7.83. The molecule has 6 heteroatoms. The van der Waals surface area contributed by atoms with Gasteiger partial charge >= 0.3 is 6.03 Å². The van der Waals surface area contributed by atoms with Gasteiger partial charge in [-0.2, -0.15) is 0 Å². The lowest BCUT2D eigenvalue weighted by atomic mass is 9.96. The summed E-state index contributed by atoms with van der Waals surface area (Å²) in [6.45, 7) is 4.78. The molecule has 1 heterocycles. The van der Waals surface area contributed by atoms with E-state index in [1.165, 1.54) is 32.1 Å². The summed E-state index contributed by atoms with van der Waals surface area (Å²) in [6.07, 6.45) is 6.39. The van der Waals surface area contributed by atoms with Gasteiger partial charge in [-0.15, -0.1) is 0 Å². The van der Waals surface area contributed by atoms with Crippen LogP contribution in [-0.2, 0) is 6.54 Å². The number of ether oxygens (including phenoxy) is 1. The largest absolute Gasteiger partial charge is 0.476 e. The predicted molar refractivity (Wildman–Crippen MR) is 117 cm³/mol. The molecule has 2 amide bonds. The van der Waals surface area contributed by atoms with E-state index in [0.717, 1.165) is 33.8 Å². The van der Waals surface area contributed by atoms with Crippen molar-refractivity contribution in [2.75, 3.05) is 19.1 Å². The maximum absolute atomic E-state index is 11.8. The molecule has 0 bridgehead atoms. The van der Waals surface area contributed by atoms with Gasteiger partial charge in [-0.3, -0.25) is 10.3 Å². The summed E-state index contributed by atoms with van der Waals surface area (Å²) >= 11 is 0. The van der Waals surface area contributed by atoms with Crippen molar-refractivity contribution in [1.29, 1.82) is 0 Å². The zero-order valence-electron chi connectivity index (χ0n) is 16.9. The maximum Gasteiger partial charge on any atom is 0.321 e. The van der Waals surface area contributed by atoms with Crippen LogP contribution in [0.15, 0.2) is 41.4 Å². The number of amides is 2. The van der Waals surface area contributed by atoms with Gasteiger partial charge in [0.15, 0.2) is 0 Å². The van der Waals surface area contributed by atoms with E-state index in [2.05, 4.69) is 28.4 Å². The summed E-state index contributed by atoms with van der Waals surface area (Å²) in [4.78, 5) is 17.6. The molecule has 1 aliphatic heterocycles. The first-order valence-electron chi connectivity index (χ1n) is 10.3. The number of anilines is 1. The second-order valence-corrected chi connectivity index (χ2v) is 7.83. The van der Waals surface area contributed by atoms with E-state index in [-0.39, 0.29) is 6.03 Å². The molecule has 0 unspecified atom stereocenters. The smallest absolute Gasteiger partial charge is 0.321 e. The molecule has 4 rings (SSSR count). The second kappa shape index (κ2) is 8.66. The summed E-state index contributed by atoms with van der Waals surface area (Å²) in [6, 6.07) is 12.5. The molecule has 6 nitrogen and oxygen atoms in total. The molecule has 1 saturated carbocycles. The third-order valence-electron chi connectivity index (χ3n) is 5.77. The summed E-state index contributed by atoms with van der Waals surface area (Å²) in [5, 5.41) is 6.39. The first-order chi connectivity index (χ1) is 14.1. The van der Waals surface area contributed by atoms with Crippen LogP contribution in [-0.4, -0.2) is 37.5 Å². The molecule has 0 radical (unpaired) electrons. The van der Waals surface area contributed by atoms with Gasteiger partial charge in [-0.05, 0) is 60.5 Å². The molecule has 0 spiro atoms. The first kappa shape index (κ1) is 19.5. The normalized spacial score (nSPS) is 16.9. The van der Waals surface area contributed by atoms with Gasteiger partial charge in [-0.1, -0.05) is 31.4 Å². The highest BCUT2D eigenvalue weighted by Gasteiger charge is 2.19. The van der Waals surface area contributed by atoms with Crippen molar-refractivity contribution < 1.29 is 9.53 Å². The van der Waals surface area contributed by atoms with Crippen LogP contribution in [0.3, 0.4) is 0 Å². The zero-order chi connectivity index (χ0) is 20.2. The number of benzene rings is 2. The van der Waals surface area contributed by atoms with E-state index < -0.39 is 0 Å². The lowest BCUT2D eigenvalue weighted by Crippen LogP contribution is -2.35. The van der Waals surface area contributed by atoms with Gasteiger partial charge in [0.25, 0.3) is 0 Å². The summed E-state index contributed by atoms with van der Waals surface area (Å²) < 4.78 is 5.94. The molecule has 0 aromatic heterocycles. The van der Waals surface area contributed by atoms with Gasteiger partial charge in [0.2, 0.25) is 0 Å². The van der Waals surface area contributed by atoms with E-state index >= 15 is 0 Å². The van der Waals surface area contributed by atoms with Crippen molar-refractivity contribution >= 4 is 24.1 Å². The van der Waals surface area contributed by atoms with Crippen LogP contribution < -0.4 is 15.4 Å². The number of hydrogen-bond acceptors (Lipinski definition) is 4. The molecular formula is C23H28N4O2. The van der Waals surface area contributed by atoms with Gasteiger partial charge in [0.05, 0.1) is 0 Å². The summed E-state index contributed by atoms with van der Waals surface area (Å²) in [5.41, 5.74) is 4.81. The van der Waals surface area contributed by atoms with E-state index in [0.29, 0.717) is 19.3 Å². The Morgan fingerprint density at radius 1 is 1.17 bits per heavy atom. The van der Waals surface area contributed by atoms with Gasteiger partial charge < -0.3 is 15.0 Å². The number of rotatable bonds is 6. The maximum atomic E-state index is 11.8. The average Bonchev–Trinajstić information content (AvgIpc) is 2.75. The zero-order valence-corrected chi connectivity index (χ0v) is 16.9. The summed E-state index contributed by atoms with van der Waals surface area (Å²) in [7, 11) is 1.79.